The summed E-state index contributed by atoms with van der Waals surface area (Å²) in [6.07, 6.45) is 6.72. The molecule has 0 spiro atoms. The van der Waals surface area contributed by atoms with Crippen LogP contribution in [0.15, 0.2) is 85.1 Å². The molecule has 0 unspecified atom stereocenters. The van der Waals surface area contributed by atoms with E-state index in [1.165, 1.54) is 11.1 Å². The van der Waals surface area contributed by atoms with Crippen molar-refractivity contribution < 1.29 is 19.7 Å². The monoisotopic (exact) mass is 427 g/mol. The van der Waals surface area contributed by atoms with Gasteiger partial charge in [0.25, 0.3) is 0 Å². The number of carbonyl (C=O) groups is 1. The second-order valence-corrected chi connectivity index (χ2v) is 7.52. The van der Waals surface area contributed by atoms with Crippen molar-refractivity contribution >= 4 is 22.9 Å². The number of nitrogens with zero attached hydrogens (tertiary/aromatic N) is 1. The summed E-state index contributed by atoms with van der Waals surface area (Å²) in [5.74, 6) is -0.250. The fourth-order valence-corrected chi connectivity index (χ4v) is 3.79. The van der Waals surface area contributed by atoms with Crippen molar-refractivity contribution in [2.45, 2.75) is 12.8 Å². The standard InChI is InChI=1S/C27H25NO4/c29-16-17-32-24-12-10-23(11-13-24)28-19-22(9-6-20-4-2-1-3-5-20)25-18-21(7-14-26(25)28)8-15-27(30)31/h1-5,7-8,10-15,18-19,29H,6,9,16-17H2,(H,30,31). The van der Waals surface area contributed by atoms with E-state index in [9.17, 15) is 4.79 Å². The fourth-order valence-electron chi connectivity index (χ4n) is 3.79. The van der Waals surface area contributed by atoms with Gasteiger partial charge in [-0.15, -0.1) is 0 Å². The second-order valence-electron chi connectivity index (χ2n) is 7.52. The van der Waals surface area contributed by atoms with Crippen molar-refractivity contribution in [2.24, 2.45) is 0 Å². The van der Waals surface area contributed by atoms with Gasteiger partial charge in [-0.3, -0.25) is 0 Å². The van der Waals surface area contributed by atoms with Crippen molar-refractivity contribution in [3.05, 3.63) is 102 Å². The van der Waals surface area contributed by atoms with Gasteiger partial charge in [0.1, 0.15) is 12.4 Å². The number of carboxylic acids is 1. The third-order valence-corrected chi connectivity index (χ3v) is 5.33. The Kier molecular flexibility index (Phi) is 6.68. The Morgan fingerprint density at radius 2 is 1.75 bits per heavy atom. The summed E-state index contributed by atoms with van der Waals surface area (Å²) >= 11 is 0. The zero-order valence-electron chi connectivity index (χ0n) is 17.6. The lowest BCUT2D eigenvalue weighted by Crippen LogP contribution is -2.01. The first-order valence-electron chi connectivity index (χ1n) is 10.6. The van der Waals surface area contributed by atoms with Gasteiger partial charge in [0.15, 0.2) is 0 Å². The number of aliphatic hydroxyl groups excluding tert-OH is 1. The molecule has 162 valence electrons. The number of benzene rings is 3. The minimum atomic E-state index is -0.963. The summed E-state index contributed by atoms with van der Waals surface area (Å²) < 4.78 is 7.62. The molecule has 0 fully saturated rings. The zero-order valence-corrected chi connectivity index (χ0v) is 17.6. The smallest absolute Gasteiger partial charge is 0.328 e. The molecule has 0 aliphatic carbocycles. The molecular weight excluding hydrogens is 402 g/mol. The molecular formula is C27H25NO4. The number of rotatable bonds is 9. The van der Waals surface area contributed by atoms with E-state index in [4.69, 9.17) is 14.9 Å². The van der Waals surface area contributed by atoms with Crippen LogP contribution in [0.25, 0.3) is 22.7 Å². The van der Waals surface area contributed by atoms with Crippen molar-refractivity contribution in [3.8, 4) is 11.4 Å². The Hall–Kier alpha value is -3.83. The highest BCUT2D eigenvalue weighted by molar-refractivity contribution is 5.90. The summed E-state index contributed by atoms with van der Waals surface area (Å²) in [6.45, 7) is 0.246. The highest BCUT2D eigenvalue weighted by Gasteiger charge is 2.11. The third kappa shape index (κ3) is 5.07. The molecule has 4 rings (SSSR count). The van der Waals surface area contributed by atoms with Crippen LogP contribution >= 0.6 is 0 Å². The predicted octanol–water partition coefficient (Wildman–Crippen LogP) is 4.88. The molecule has 2 N–H and O–H groups in total. The number of aliphatic hydroxyl groups is 1. The van der Waals surface area contributed by atoms with Gasteiger partial charge < -0.3 is 19.5 Å². The lowest BCUT2D eigenvalue weighted by Gasteiger charge is -2.08. The normalized spacial score (nSPS) is 11.3. The number of aromatic nitrogens is 1. The van der Waals surface area contributed by atoms with Gasteiger partial charge in [0, 0.05) is 23.3 Å². The van der Waals surface area contributed by atoms with Crippen LogP contribution in [0.2, 0.25) is 0 Å². The number of aliphatic carboxylic acids is 1. The average Bonchev–Trinajstić information content (AvgIpc) is 3.19. The van der Waals surface area contributed by atoms with Crippen molar-refractivity contribution in [2.75, 3.05) is 13.2 Å². The Balaban J connectivity index is 1.71. The Bertz CT molecular complexity index is 1220. The van der Waals surface area contributed by atoms with Crippen molar-refractivity contribution in [1.29, 1.82) is 0 Å². The summed E-state index contributed by atoms with van der Waals surface area (Å²) in [4.78, 5) is 10.9. The van der Waals surface area contributed by atoms with E-state index in [0.717, 1.165) is 41.1 Å². The van der Waals surface area contributed by atoms with Crippen LogP contribution < -0.4 is 4.74 Å². The van der Waals surface area contributed by atoms with E-state index in [2.05, 4.69) is 22.9 Å². The highest BCUT2D eigenvalue weighted by atomic mass is 16.5. The first kappa shape index (κ1) is 21.4. The molecule has 0 atom stereocenters. The molecule has 0 saturated heterocycles. The molecule has 1 heterocycles. The van der Waals surface area contributed by atoms with Crippen LogP contribution in [0.4, 0.5) is 0 Å². The molecule has 1 aromatic heterocycles. The molecule has 0 aliphatic rings. The maximum absolute atomic E-state index is 10.9. The van der Waals surface area contributed by atoms with E-state index in [0.29, 0.717) is 5.75 Å². The summed E-state index contributed by atoms with van der Waals surface area (Å²) in [7, 11) is 0. The van der Waals surface area contributed by atoms with Crippen LogP contribution in [-0.2, 0) is 17.6 Å². The number of carboxylic acid groups (broad SMARTS) is 1. The topological polar surface area (TPSA) is 71.7 Å². The van der Waals surface area contributed by atoms with Gasteiger partial charge in [-0.1, -0.05) is 36.4 Å². The minimum absolute atomic E-state index is 0.0204. The minimum Gasteiger partial charge on any atom is -0.491 e. The van der Waals surface area contributed by atoms with Crippen LogP contribution in [0.5, 0.6) is 5.75 Å². The van der Waals surface area contributed by atoms with Crippen molar-refractivity contribution in [3.63, 3.8) is 0 Å². The molecule has 3 aromatic carbocycles. The van der Waals surface area contributed by atoms with Gasteiger partial charge in [0.05, 0.1) is 12.1 Å². The maximum atomic E-state index is 10.9. The van der Waals surface area contributed by atoms with Gasteiger partial charge >= 0.3 is 5.97 Å². The van der Waals surface area contributed by atoms with E-state index < -0.39 is 5.97 Å². The van der Waals surface area contributed by atoms with Crippen LogP contribution in [0.1, 0.15) is 16.7 Å². The maximum Gasteiger partial charge on any atom is 0.328 e. The summed E-state index contributed by atoms with van der Waals surface area (Å²) in [6, 6.07) is 24.1. The molecule has 0 amide bonds. The molecule has 0 saturated carbocycles. The molecule has 0 aliphatic heterocycles. The first-order valence-corrected chi connectivity index (χ1v) is 10.6. The third-order valence-electron chi connectivity index (χ3n) is 5.33. The quantitative estimate of drug-likeness (QED) is 0.373. The van der Waals surface area contributed by atoms with Crippen molar-refractivity contribution in [1.82, 2.24) is 4.57 Å². The van der Waals surface area contributed by atoms with Gasteiger partial charge in [-0.2, -0.15) is 0 Å². The highest BCUT2D eigenvalue weighted by Crippen LogP contribution is 2.28. The SMILES string of the molecule is O=C(O)C=Cc1ccc2c(c1)c(CCc1ccccc1)cn2-c1ccc(OCCO)cc1. The predicted molar refractivity (Wildman–Crippen MR) is 126 cm³/mol. The van der Waals surface area contributed by atoms with E-state index in [1.54, 1.807) is 6.08 Å². The zero-order chi connectivity index (χ0) is 22.3. The average molecular weight is 428 g/mol. The Morgan fingerprint density at radius 1 is 0.969 bits per heavy atom. The molecule has 32 heavy (non-hydrogen) atoms. The number of hydrogen-bond acceptors (Lipinski definition) is 3. The Labute approximate surface area is 186 Å². The van der Waals surface area contributed by atoms with Gasteiger partial charge in [-0.25, -0.2) is 4.79 Å². The fraction of sp³-hybridized carbons (Fsp3) is 0.148. The van der Waals surface area contributed by atoms with Gasteiger partial charge in [0.2, 0.25) is 0 Å². The molecule has 5 nitrogen and oxygen atoms in total. The number of aryl methyl sites for hydroxylation is 2. The molecule has 4 aromatic rings. The first-order chi connectivity index (χ1) is 15.6. The number of hydrogen-bond donors (Lipinski definition) is 2. The van der Waals surface area contributed by atoms with E-state index in [1.807, 2.05) is 60.7 Å². The molecule has 0 bridgehead atoms. The second kappa shape index (κ2) is 9.98. The molecule has 0 radical (unpaired) electrons. The Morgan fingerprint density at radius 3 is 2.47 bits per heavy atom. The lowest BCUT2D eigenvalue weighted by molar-refractivity contribution is -0.131. The van der Waals surface area contributed by atoms with Crippen LogP contribution in [0.3, 0.4) is 0 Å². The van der Waals surface area contributed by atoms with E-state index in [-0.39, 0.29) is 13.2 Å². The summed E-state index contributed by atoms with van der Waals surface area (Å²) in [5, 5.41) is 19.0. The van der Waals surface area contributed by atoms with Crippen LogP contribution in [-0.4, -0.2) is 34.0 Å². The largest absolute Gasteiger partial charge is 0.491 e. The van der Waals surface area contributed by atoms with Crippen LogP contribution in [0, 0.1) is 0 Å². The lowest BCUT2D eigenvalue weighted by atomic mass is 10.0. The summed E-state index contributed by atoms with van der Waals surface area (Å²) in [5.41, 5.74) is 5.40. The number of ether oxygens (including phenoxy) is 1. The van der Waals surface area contributed by atoms with E-state index >= 15 is 0 Å². The molecule has 5 heteroatoms. The number of fused-ring (bicyclic) bond motifs is 1. The van der Waals surface area contributed by atoms with Gasteiger partial charge in [-0.05, 0) is 72.0 Å².